The summed E-state index contributed by atoms with van der Waals surface area (Å²) in [5.74, 6) is 0. The minimum Gasteiger partial charge on any atom is -0.283 e. The summed E-state index contributed by atoms with van der Waals surface area (Å²) < 4.78 is 0. The molecule has 0 saturated heterocycles. The number of nitrogens with zero attached hydrogens (tertiary/aromatic N) is 1. The van der Waals surface area contributed by atoms with Crippen LogP contribution in [-0.2, 0) is 0 Å². The Hall–Kier alpha value is 0.266. The Bertz CT molecular complexity index is 281. The fourth-order valence-electron chi connectivity index (χ4n) is 0.956. The molecule has 1 aromatic heterocycles. The molecule has 0 aliphatic rings. The Balaban J connectivity index is 0.000000605. The molecule has 0 bridgehead atoms. The first kappa shape index (κ1) is 9.36. The summed E-state index contributed by atoms with van der Waals surface area (Å²) in [6.45, 7) is 0. The van der Waals surface area contributed by atoms with Gasteiger partial charge in [0.05, 0.1) is 0 Å². The summed E-state index contributed by atoms with van der Waals surface area (Å²) in [5.41, 5.74) is 1.03. The number of aromatic nitrogens is 1. The molecule has 2 heteroatoms. The molecule has 0 saturated carbocycles. The topological polar surface area (TPSA) is 12.9 Å². The van der Waals surface area contributed by atoms with Gasteiger partial charge in [0.25, 0.3) is 0 Å². The zero-order chi connectivity index (χ0) is 6.81. The molecule has 0 aliphatic carbocycles. The minimum atomic E-state index is 0. The van der Waals surface area contributed by atoms with Gasteiger partial charge in [-0.2, -0.15) is 18.2 Å². The van der Waals surface area contributed by atoms with Crippen LogP contribution in [-0.4, -0.2) is 4.98 Å². The van der Waals surface area contributed by atoms with Crippen LogP contribution in [0.1, 0.15) is 0 Å². The first-order valence-corrected chi connectivity index (χ1v) is 3.18. The molecule has 0 radical (unpaired) electrons. The predicted molar refractivity (Wildman–Crippen MR) is 40.6 cm³/mol. The summed E-state index contributed by atoms with van der Waals surface area (Å²) in [4.78, 5) is 4.16. The van der Waals surface area contributed by atoms with E-state index in [1.807, 2.05) is 30.3 Å². The van der Waals surface area contributed by atoms with Crippen molar-refractivity contribution in [2.45, 2.75) is 0 Å². The van der Waals surface area contributed by atoms with Crippen LogP contribution in [0.3, 0.4) is 0 Å². The van der Waals surface area contributed by atoms with E-state index in [1.54, 1.807) is 6.20 Å². The van der Waals surface area contributed by atoms with E-state index in [1.165, 1.54) is 0 Å². The molecule has 1 aromatic carbocycles. The number of rotatable bonds is 0. The van der Waals surface area contributed by atoms with E-state index in [0.29, 0.717) is 0 Å². The van der Waals surface area contributed by atoms with Gasteiger partial charge in [0.2, 0.25) is 0 Å². The largest absolute Gasteiger partial charge is 1.00 e. The van der Waals surface area contributed by atoms with Crippen LogP contribution in [0, 0.1) is 6.07 Å². The predicted octanol–water partition coefficient (Wildman–Crippen LogP) is -0.961. The van der Waals surface area contributed by atoms with Gasteiger partial charge in [-0.3, -0.25) is 4.98 Å². The van der Waals surface area contributed by atoms with Gasteiger partial charge in [-0.15, -0.1) is 17.5 Å². The standard InChI is InChI=1S/C9H6N.K/c1-2-6-9-8(4-1)5-3-7-10-9;/h2-7H;/q-1;+1. The Morgan fingerprint density at radius 3 is 3.00 bits per heavy atom. The van der Waals surface area contributed by atoms with Crippen LogP contribution in [0.5, 0.6) is 0 Å². The van der Waals surface area contributed by atoms with Crippen LogP contribution >= 0.6 is 0 Å². The maximum absolute atomic E-state index is 4.16. The van der Waals surface area contributed by atoms with Crippen molar-refractivity contribution in [2.75, 3.05) is 0 Å². The molecule has 0 fully saturated rings. The monoisotopic (exact) mass is 167 g/mol. The Morgan fingerprint density at radius 2 is 2.18 bits per heavy atom. The number of fused-ring (bicyclic) bond motifs is 1. The third-order valence-corrected chi connectivity index (χ3v) is 1.45. The molecule has 0 aliphatic heterocycles. The van der Waals surface area contributed by atoms with E-state index in [2.05, 4.69) is 11.1 Å². The van der Waals surface area contributed by atoms with Gasteiger partial charge < -0.3 is 0 Å². The van der Waals surface area contributed by atoms with E-state index in [9.17, 15) is 0 Å². The summed E-state index contributed by atoms with van der Waals surface area (Å²) in [6, 6.07) is 12.7. The van der Waals surface area contributed by atoms with Gasteiger partial charge in [0.1, 0.15) is 0 Å². The van der Waals surface area contributed by atoms with E-state index < -0.39 is 0 Å². The van der Waals surface area contributed by atoms with Crippen molar-refractivity contribution in [3.8, 4) is 0 Å². The van der Waals surface area contributed by atoms with Crippen molar-refractivity contribution in [3.05, 3.63) is 42.6 Å². The van der Waals surface area contributed by atoms with Gasteiger partial charge >= 0.3 is 51.4 Å². The Morgan fingerprint density at radius 1 is 1.27 bits per heavy atom. The molecule has 0 spiro atoms. The molecule has 2 aromatic rings. The van der Waals surface area contributed by atoms with E-state index >= 15 is 0 Å². The van der Waals surface area contributed by atoms with Crippen molar-refractivity contribution in [2.24, 2.45) is 0 Å². The maximum Gasteiger partial charge on any atom is 1.00 e. The molecule has 0 N–H and O–H groups in total. The summed E-state index contributed by atoms with van der Waals surface area (Å²) in [7, 11) is 0. The molecule has 48 valence electrons. The molecule has 0 unspecified atom stereocenters. The van der Waals surface area contributed by atoms with Crippen molar-refractivity contribution in [1.29, 1.82) is 0 Å². The molecule has 11 heavy (non-hydrogen) atoms. The number of hydrogen-bond donors (Lipinski definition) is 0. The first-order valence-electron chi connectivity index (χ1n) is 3.18. The van der Waals surface area contributed by atoms with Crippen LogP contribution in [0.4, 0.5) is 0 Å². The zero-order valence-electron chi connectivity index (χ0n) is 6.41. The molecule has 1 heterocycles. The van der Waals surface area contributed by atoms with E-state index in [-0.39, 0.29) is 51.4 Å². The minimum absolute atomic E-state index is 0. The number of pyridine rings is 1. The van der Waals surface area contributed by atoms with Crippen molar-refractivity contribution >= 4 is 10.9 Å². The molecular formula is C9H6KN. The van der Waals surface area contributed by atoms with Crippen molar-refractivity contribution in [3.63, 3.8) is 0 Å². The van der Waals surface area contributed by atoms with Gasteiger partial charge in [-0.05, 0) is 5.52 Å². The second-order valence-electron chi connectivity index (χ2n) is 2.12. The molecule has 0 atom stereocenters. The average molecular weight is 167 g/mol. The Kier molecular flexibility index (Phi) is 3.68. The SMILES string of the molecule is [K+].[c-]1ccc2ncccc2c1. The maximum atomic E-state index is 4.16. The van der Waals surface area contributed by atoms with Crippen LogP contribution < -0.4 is 51.4 Å². The van der Waals surface area contributed by atoms with Gasteiger partial charge in [0, 0.05) is 6.20 Å². The third-order valence-electron chi connectivity index (χ3n) is 1.45. The molecule has 0 amide bonds. The fraction of sp³-hybridized carbons (Fsp3) is 0. The van der Waals surface area contributed by atoms with Crippen molar-refractivity contribution < 1.29 is 51.4 Å². The smallest absolute Gasteiger partial charge is 0.283 e. The van der Waals surface area contributed by atoms with Gasteiger partial charge in [-0.25, -0.2) is 0 Å². The van der Waals surface area contributed by atoms with E-state index in [0.717, 1.165) is 10.9 Å². The summed E-state index contributed by atoms with van der Waals surface area (Å²) >= 11 is 0. The van der Waals surface area contributed by atoms with Gasteiger partial charge in [-0.1, -0.05) is 6.07 Å². The number of hydrogen-bond acceptors (Lipinski definition) is 1. The van der Waals surface area contributed by atoms with Crippen molar-refractivity contribution in [1.82, 2.24) is 4.98 Å². The van der Waals surface area contributed by atoms with Crippen LogP contribution in [0.2, 0.25) is 0 Å². The molecular weight excluding hydrogens is 161 g/mol. The summed E-state index contributed by atoms with van der Waals surface area (Å²) in [6.07, 6.45) is 1.79. The Labute approximate surface area is 108 Å². The van der Waals surface area contributed by atoms with Crippen LogP contribution in [0.15, 0.2) is 36.5 Å². The first-order chi connectivity index (χ1) is 4.97. The normalized spacial score (nSPS) is 9.09. The molecule has 1 nitrogen and oxygen atoms in total. The third kappa shape index (κ3) is 2.10. The quantitative estimate of drug-likeness (QED) is 0.364. The average Bonchev–Trinajstić information content (AvgIpc) is 2.05. The summed E-state index contributed by atoms with van der Waals surface area (Å²) in [5, 5.41) is 1.14. The zero-order valence-corrected chi connectivity index (χ0v) is 9.53. The molecule has 2 rings (SSSR count). The van der Waals surface area contributed by atoms with E-state index in [4.69, 9.17) is 0 Å². The van der Waals surface area contributed by atoms with Gasteiger partial charge in [0.15, 0.2) is 0 Å². The number of benzene rings is 1. The fourth-order valence-corrected chi connectivity index (χ4v) is 0.956. The second-order valence-corrected chi connectivity index (χ2v) is 2.12. The second kappa shape index (κ2) is 4.33. The van der Waals surface area contributed by atoms with Crippen LogP contribution in [0.25, 0.3) is 10.9 Å².